The Morgan fingerprint density at radius 3 is 2.11 bits per heavy atom. The van der Waals surface area contributed by atoms with Crippen molar-refractivity contribution in [3.8, 4) is 11.8 Å². The lowest BCUT2D eigenvalue weighted by atomic mass is 9.73. The number of hydrogen-bond donors (Lipinski definition) is 0. The minimum Gasteiger partial charge on any atom is -0.494 e. The fraction of sp³-hybridized carbons (Fsp3) is 0.667. The zero-order valence-electron chi connectivity index (χ0n) is 22.5. The van der Waals surface area contributed by atoms with Crippen molar-refractivity contribution in [2.75, 3.05) is 7.11 Å². The van der Waals surface area contributed by atoms with E-state index in [1.165, 1.54) is 0 Å². The van der Waals surface area contributed by atoms with Crippen LogP contribution in [-0.4, -0.2) is 30.4 Å². The summed E-state index contributed by atoms with van der Waals surface area (Å²) in [6.07, 6.45) is 0.375. The van der Waals surface area contributed by atoms with Gasteiger partial charge in [-0.2, -0.15) is 22.8 Å². The molecule has 1 aliphatic rings. The molecule has 0 spiro atoms. The summed E-state index contributed by atoms with van der Waals surface area (Å²) < 4.78 is 55.3. The van der Waals surface area contributed by atoms with Crippen molar-refractivity contribution in [2.24, 2.45) is 16.3 Å². The third-order valence-electron chi connectivity index (χ3n) is 4.93. The molecule has 1 saturated carbocycles. The predicted octanol–water partition coefficient (Wildman–Crippen LogP) is 8.47. The monoisotopic (exact) mass is 500 g/mol. The molecule has 1 aliphatic carbocycles. The molecule has 0 aromatic heterocycles. The Hall–Kier alpha value is -2.43. The lowest BCUT2D eigenvalue weighted by molar-refractivity contribution is -0.313. The van der Waals surface area contributed by atoms with Crippen LogP contribution < -0.4 is 4.74 Å². The van der Waals surface area contributed by atoms with E-state index in [0.29, 0.717) is 23.1 Å². The highest BCUT2D eigenvalue weighted by Crippen LogP contribution is 2.56. The van der Waals surface area contributed by atoms with E-state index < -0.39 is 30.6 Å². The molecule has 0 bridgehead atoms. The van der Waals surface area contributed by atoms with E-state index in [4.69, 9.17) is 10.00 Å². The number of carbonyl (C=O) groups excluding carboxylic acids is 1. The second-order valence-corrected chi connectivity index (χ2v) is 10.4. The predicted molar refractivity (Wildman–Crippen MR) is 133 cm³/mol. The molecule has 0 radical (unpaired) electrons. The van der Waals surface area contributed by atoms with Gasteiger partial charge in [-0.05, 0) is 43.7 Å². The first kappa shape index (κ1) is 32.6. The second kappa shape index (κ2) is 13.6. The van der Waals surface area contributed by atoms with Gasteiger partial charge in [0.25, 0.3) is 0 Å². The smallest absolute Gasteiger partial charge is 0.313 e. The molecule has 0 saturated heterocycles. The van der Waals surface area contributed by atoms with Crippen LogP contribution in [0.5, 0.6) is 5.75 Å². The van der Waals surface area contributed by atoms with Gasteiger partial charge >= 0.3 is 11.8 Å². The fourth-order valence-electron chi connectivity index (χ4n) is 2.98. The number of ketones is 1. The first-order valence-corrected chi connectivity index (χ1v) is 11.8. The number of nitriles is 1. The summed E-state index contributed by atoms with van der Waals surface area (Å²) in [6.45, 7) is 16.5. The van der Waals surface area contributed by atoms with Gasteiger partial charge in [-0.15, -0.1) is 0 Å². The van der Waals surface area contributed by atoms with Crippen LogP contribution in [0.2, 0.25) is 0 Å². The number of rotatable bonds is 7. The average Bonchev–Trinajstić information content (AvgIpc) is 2.73. The molecule has 1 aromatic rings. The van der Waals surface area contributed by atoms with Crippen molar-refractivity contribution < 1.29 is 27.1 Å². The molecule has 0 N–H and O–H groups in total. The Labute approximate surface area is 207 Å². The van der Waals surface area contributed by atoms with Crippen LogP contribution in [0.15, 0.2) is 17.1 Å². The fourth-order valence-corrected chi connectivity index (χ4v) is 2.98. The highest BCUT2D eigenvalue weighted by Gasteiger charge is 2.71. The van der Waals surface area contributed by atoms with Gasteiger partial charge in [0.2, 0.25) is 0 Å². The number of halogens is 4. The molecule has 0 heterocycles. The topological polar surface area (TPSA) is 62.4 Å². The molecule has 0 amide bonds. The zero-order valence-corrected chi connectivity index (χ0v) is 22.5. The summed E-state index contributed by atoms with van der Waals surface area (Å²) in [7, 11) is 1.59. The van der Waals surface area contributed by atoms with Gasteiger partial charge in [-0.25, -0.2) is 0 Å². The van der Waals surface area contributed by atoms with Crippen molar-refractivity contribution in [3.63, 3.8) is 0 Å². The highest BCUT2D eigenvalue weighted by molar-refractivity contribution is 5.85. The summed E-state index contributed by atoms with van der Waals surface area (Å²) in [5.74, 6) is -9.06. The van der Waals surface area contributed by atoms with Crippen LogP contribution in [0.25, 0.3) is 0 Å². The zero-order chi connectivity index (χ0) is 27.6. The molecular weight excluding hydrogens is 460 g/mol. The Morgan fingerprint density at radius 2 is 1.74 bits per heavy atom. The van der Waals surface area contributed by atoms with Crippen LogP contribution in [0.3, 0.4) is 0 Å². The van der Waals surface area contributed by atoms with Gasteiger partial charge in [0.1, 0.15) is 17.2 Å². The minimum absolute atomic E-state index is 0.193. The summed E-state index contributed by atoms with van der Waals surface area (Å²) >= 11 is 0. The van der Waals surface area contributed by atoms with Crippen molar-refractivity contribution in [3.05, 3.63) is 23.3 Å². The standard InChI is InChI=1S/C13H16N2O.C9H12F4O.C5H12/c1-5-10(3)15-13-9(2)6-11(8-14)7-12(13)16-4;1-2-3-7(14)4-6-5-8(10,11)9(6,12)13;1-5(2,3)4/h6-7H,5H2,1-4H3;6H,2-5H2,1H3;1-4H3. The molecule has 198 valence electrons. The van der Waals surface area contributed by atoms with Gasteiger partial charge in [-0.1, -0.05) is 41.5 Å². The quantitative estimate of drug-likeness (QED) is 0.279. The van der Waals surface area contributed by atoms with Crippen molar-refractivity contribution in [1.29, 1.82) is 5.26 Å². The lowest BCUT2D eigenvalue weighted by Crippen LogP contribution is -2.59. The van der Waals surface area contributed by atoms with Crippen LogP contribution in [-0.2, 0) is 4.79 Å². The van der Waals surface area contributed by atoms with Gasteiger partial charge in [0.15, 0.2) is 0 Å². The van der Waals surface area contributed by atoms with Crippen LogP contribution in [0, 0.1) is 29.6 Å². The lowest BCUT2D eigenvalue weighted by Gasteiger charge is -2.43. The number of Topliss-reactive ketones (excluding diaryl/α,β-unsaturated/α-hetero) is 1. The number of ether oxygens (including phenoxy) is 1. The number of carbonyl (C=O) groups is 1. The SMILES string of the molecule is CC(C)(C)C.CCC(C)=Nc1c(C)cc(C#N)cc1OC.CCCC(=O)CC1CC(F)(F)C1(F)F. The van der Waals surface area contributed by atoms with Gasteiger partial charge in [-0.3, -0.25) is 9.79 Å². The molecule has 1 atom stereocenters. The Kier molecular flexibility index (Phi) is 12.7. The van der Waals surface area contributed by atoms with E-state index in [2.05, 4.69) is 45.7 Å². The maximum absolute atomic E-state index is 12.7. The summed E-state index contributed by atoms with van der Waals surface area (Å²) in [5.41, 5.74) is 3.93. The first-order valence-electron chi connectivity index (χ1n) is 11.8. The maximum Gasteiger partial charge on any atom is 0.313 e. The Morgan fingerprint density at radius 1 is 1.20 bits per heavy atom. The molecule has 4 nitrogen and oxygen atoms in total. The third-order valence-corrected chi connectivity index (χ3v) is 4.93. The van der Waals surface area contributed by atoms with Crippen molar-refractivity contribution in [2.45, 2.75) is 99.3 Å². The van der Waals surface area contributed by atoms with Crippen molar-refractivity contribution >= 4 is 17.2 Å². The number of methoxy groups -OCH3 is 1. The Bertz CT molecular complexity index is 907. The highest BCUT2D eigenvalue weighted by atomic mass is 19.3. The second-order valence-electron chi connectivity index (χ2n) is 10.4. The molecular formula is C27H40F4N2O2. The molecule has 1 fully saturated rings. The van der Waals surface area contributed by atoms with Crippen LogP contribution in [0.1, 0.15) is 91.7 Å². The number of alkyl halides is 4. The van der Waals surface area contributed by atoms with E-state index in [-0.39, 0.29) is 12.2 Å². The number of benzene rings is 1. The summed E-state index contributed by atoms with van der Waals surface area (Å²) in [6, 6.07) is 5.65. The van der Waals surface area contributed by atoms with Gasteiger partial charge in [0, 0.05) is 37.0 Å². The summed E-state index contributed by atoms with van der Waals surface area (Å²) in [5, 5.41) is 8.86. The van der Waals surface area contributed by atoms with Crippen LogP contribution in [0.4, 0.5) is 23.2 Å². The van der Waals surface area contributed by atoms with E-state index in [1.807, 2.05) is 19.9 Å². The summed E-state index contributed by atoms with van der Waals surface area (Å²) in [4.78, 5) is 15.5. The van der Waals surface area contributed by atoms with Crippen LogP contribution >= 0.6 is 0 Å². The minimum atomic E-state index is -3.99. The number of aryl methyl sites for hydroxylation is 1. The van der Waals surface area contributed by atoms with E-state index in [1.54, 1.807) is 20.1 Å². The molecule has 0 aliphatic heterocycles. The molecule has 35 heavy (non-hydrogen) atoms. The number of aliphatic imine (C=N–C) groups is 1. The van der Waals surface area contributed by atoms with E-state index in [0.717, 1.165) is 23.4 Å². The van der Waals surface area contributed by atoms with E-state index in [9.17, 15) is 22.4 Å². The number of hydrogen-bond acceptors (Lipinski definition) is 4. The third kappa shape index (κ3) is 10.8. The number of nitrogens with zero attached hydrogens (tertiary/aromatic N) is 2. The molecule has 1 unspecified atom stereocenters. The molecule has 8 heteroatoms. The molecule has 2 rings (SSSR count). The normalized spacial score (nSPS) is 18.1. The largest absolute Gasteiger partial charge is 0.494 e. The van der Waals surface area contributed by atoms with Crippen molar-refractivity contribution in [1.82, 2.24) is 0 Å². The van der Waals surface area contributed by atoms with Gasteiger partial charge in [0.05, 0.1) is 18.7 Å². The Balaban J connectivity index is 0.000000558. The van der Waals surface area contributed by atoms with E-state index >= 15 is 0 Å². The van der Waals surface area contributed by atoms with Gasteiger partial charge < -0.3 is 4.74 Å². The molecule has 1 aromatic carbocycles. The maximum atomic E-state index is 12.7. The average molecular weight is 501 g/mol. The first-order chi connectivity index (χ1) is 15.9.